The van der Waals surface area contributed by atoms with E-state index >= 15 is 0 Å². The van der Waals surface area contributed by atoms with Gasteiger partial charge in [0.15, 0.2) is 0 Å². The summed E-state index contributed by atoms with van der Waals surface area (Å²) in [5.41, 5.74) is 1.88. The minimum Gasteiger partial charge on any atom is -0.496 e. The summed E-state index contributed by atoms with van der Waals surface area (Å²) >= 11 is 0. The molecule has 39 heavy (non-hydrogen) atoms. The van der Waals surface area contributed by atoms with Crippen molar-refractivity contribution in [2.75, 3.05) is 26.8 Å². The van der Waals surface area contributed by atoms with Crippen molar-refractivity contribution in [1.29, 1.82) is 0 Å². The topological polar surface area (TPSA) is 67.9 Å². The lowest BCUT2D eigenvalue weighted by Crippen LogP contribution is -2.53. The van der Waals surface area contributed by atoms with Crippen LogP contribution < -0.4 is 14.8 Å². The zero-order valence-electron chi connectivity index (χ0n) is 24.0. The average molecular weight is 535 g/mol. The number of ether oxygens (including phenoxy) is 2. The Morgan fingerprint density at radius 2 is 1.79 bits per heavy atom. The first-order chi connectivity index (χ1) is 18.9. The number of benzene rings is 2. The lowest BCUT2D eigenvalue weighted by molar-refractivity contribution is -0.141. The SMILES string of the molecule is COc1ccccc1CCC(=O)N1CCC2(CCCCCc3ccccc3OC[C@H](CC(C)C)NC2=O)CC1. The van der Waals surface area contributed by atoms with Crippen LogP contribution in [0.5, 0.6) is 11.5 Å². The van der Waals surface area contributed by atoms with Gasteiger partial charge in [0.1, 0.15) is 18.1 Å². The van der Waals surface area contributed by atoms with Gasteiger partial charge in [0, 0.05) is 19.5 Å². The normalized spacial score (nSPS) is 20.2. The maximum Gasteiger partial charge on any atom is 0.226 e. The van der Waals surface area contributed by atoms with Crippen molar-refractivity contribution in [1.82, 2.24) is 10.2 Å². The fourth-order valence-corrected chi connectivity index (χ4v) is 6.16. The van der Waals surface area contributed by atoms with E-state index < -0.39 is 5.41 Å². The van der Waals surface area contributed by atoms with Gasteiger partial charge in [-0.3, -0.25) is 9.59 Å². The Morgan fingerprint density at radius 3 is 2.56 bits per heavy atom. The zero-order valence-corrected chi connectivity index (χ0v) is 24.0. The minimum atomic E-state index is -0.421. The number of methoxy groups -OCH3 is 1. The molecule has 2 aliphatic rings. The number of carbonyl (C=O) groups is 2. The highest BCUT2D eigenvalue weighted by molar-refractivity contribution is 5.84. The number of piperidine rings is 1. The lowest BCUT2D eigenvalue weighted by Gasteiger charge is -2.41. The maximum absolute atomic E-state index is 13.9. The third kappa shape index (κ3) is 7.77. The summed E-state index contributed by atoms with van der Waals surface area (Å²) in [5, 5.41) is 3.40. The van der Waals surface area contributed by atoms with E-state index in [-0.39, 0.29) is 17.9 Å². The van der Waals surface area contributed by atoms with Crippen molar-refractivity contribution in [3.8, 4) is 11.5 Å². The van der Waals surface area contributed by atoms with Crippen molar-refractivity contribution in [3.63, 3.8) is 0 Å². The van der Waals surface area contributed by atoms with Crippen LogP contribution in [0.15, 0.2) is 48.5 Å². The average Bonchev–Trinajstić information content (AvgIpc) is 2.95. The molecule has 1 atom stereocenters. The molecule has 2 heterocycles. The number of hydrogen-bond acceptors (Lipinski definition) is 4. The van der Waals surface area contributed by atoms with Gasteiger partial charge in [-0.1, -0.05) is 63.1 Å². The van der Waals surface area contributed by atoms with Crippen LogP contribution in [0, 0.1) is 11.3 Å². The highest BCUT2D eigenvalue weighted by Gasteiger charge is 2.42. The number of aryl methyl sites for hydroxylation is 2. The molecule has 2 aromatic carbocycles. The molecule has 1 saturated heterocycles. The van der Waals surface area contributed by atoms with Crippen LogP contribution in [0.1, 0.15) is 76.3 Å². The summed E-state index contributed by atoms with van der Waals surface area (Å²) in [6, 6.07) is 16.1. The maximum atomic E-state index is 13.9. The van der Waals surface area contributed by atoms with E-state index in [0.717, 1.165) is 55.6 Å². The van der Waals surface area contributed by atoms with E-state index in [9.17, 15) is 9.59 Å². The van der Waals surface area contributed by atoms with Crippen LogP contribution in [0.2, 0.25) is 0 Å². The van der Waals surface area contributed by atoms with Crippen molar-refractivity contribution in [2.45, 2.75) is 84.1 Å². The first-order valence-electron chi connectivity index (χ1n) is 14.8. The number of fused-ring (bicyclic) bond motifs is 1. The first-order valence-corrected chi connectivity index (χ1v) is 14.8. The van der Waals surface area contributed by atoms with Crippen molar-refractivity contribution in [3.05, 3.63) is 59.7 Å². The number of likely N-dealkylation sites (tertiary alicyclic amines) is 1. The first kappa shape index (κ1) is 29.0. The monoisotopic (exact) mass is 534 g/mol. The third-order valence-electron chi connectivity index (χ3n) is 8.46. The van der Waals surface area contributed by atoms with Crippen LogP contribution in [0.25, 0.3) is 0 Å². The van der Waals surface area contributed by atoms with Gasteiger partial charge in [-0.25, -0.2) is 0 Å². The number of nitrogens with zero attached hydrogens (tertiary/aromatic N) is 1. The molecular weight excluding hydrogens is 488 g/mol. The molecule has 212 valence electrons. The molecular formula is C33H46N2O4. The molecule has 2 aromatic rings. The van der Waals surface area contributed by atoms with Crippen molar-refractivity contribution < 1.29 is 19.1 Å². The van der Waals surface area contributed by atoms with Crippen molar-refractivity contribution >= 4 is 11.8 Å². The molecule has 4 rings (SSSR count). The number of amides is 2. The number of rotatable bonds is 6. The second kappa shape index (κ2) is 13.9. The molecule has 1 spiro atoms. The minimum absolute atomic E-state index is 0.0382. The Morgan fingerprint density at radius 1 is 1.05 bits per heavy atom. The number of para-hydroxylation sites is 2. The summed E-state index contributed by atoms with van der Waals surface area (Å²) in [4.78, 5) is 29.0. The van der Waals surface area contributed by atoms with Crippen LogP contribution >= 0.6 is 0 Å². The Kier molecular flexibility index (Phi) is 10.3. The molecule has 1 fully saturated rings. The molecule has 1 N–H and O–H groups in total. The van der Waals surface area contributed by atoms with E-state index in [4.69, 9.17) is 9.47 Å². The van der Waals surface area contributed by atoms with Gasteiger partial charge in [-0.15, -0.1) is 0 Å². The second-order valence-corrected chi connectivity index (χ2v) is 11.8. The standard InChI is InChI=1S/C33H46N2O4/c1-25(2)23-28-24-39-30-15-9-7-12-26(30)11-5-4-10-18-33(32(37)34-28)19-21-35(22-20-33)31(36)17-16-27-13-6-8-14-29(27)38-3/h6-9,12-15,25,28H,4-5,10-11,16-24H2,1-3H3,(H,34,37)/t28-/m0/s1. The second-order valence-electron chi connectivity index (χ2n) is 11.8. The van der Waals surface area contributed by atoms with Gasteiger partial charge in [0.05, 0.1) is 18.6 Å². The Bertz CT molecular complexity index is 1090. The lowest BCUT2D eigenvalue weighted by atomic mass is 9.73. The highest BCUT2D eigenvalue weighted by Crippen LogP contribution is 2.38. The molecule has 6 nitrogen and oxygen atoms in total. The van der Waals surface area contributed by atoms with Gasteiger partial charge < -0.3 is 19.7 Å². The molecule has 6 heteroatoms. The summed E-state index contributed by atoms with van der Waals surface area (Å²) in [6.45, 7) is 6.12. The molecule has 0 aliphatic carbocycles. The molecule has 2 amide bonds. The molecule has 0 saturated carbocycles. The van der Waals surface area contributed by atoms with E-state index in [1.54, 1.807) is 7.11 Å². The Labute approximate surface area is 234 Å². The van der Waals surface area contributed by atoms with Gasteiger partial charge in [0.25, 0.3) is 0 Å². The molecule has 2 aliphatic heterocycles. The summed E-state index contributed by atoms with van der Waals surface area (Å²) in [7, 11) is 1.66. The quantitative estimate of drug-likeness (QED) is 0.496. The molecule has 0 bridgehead atoms. The number of nitrogens with one attached hydrogen (secondary N) is 1. The van der Waals surface area contributed by atoms with Gasteiger partial charge in [0.2, 0.25) is 11.8 Å². The van der Waals surface area contributed by atoms with Crippen LogP contribution in [-0.4, -0.2) is 49.6 Å². The molecule has 0 radical (unpaired) electrons. The van der Waals surface area contributed by atoms with Gasteiger partial charge in [-0.2, -0.15) is 0 Å². The molecule has 0 aromatic heterocycles. The van der Waals surface area contributed by atoms with Crippen LogP contribution in [0.3, 0.4) is 0 Å². The summed E-state index contributed by atoms with van der Waals surface area (Å²) < 4.78 is 11.7. The fourth-order valence-electron chi connectivity index (χ4n) is 6.16. The Hall–Kier alpha value is -3.02. The van der Waals surface area contributed by atoms with Gasteiger partial charge >= 0.3 is 0 Å². The number of carbonyl (C=O) groups excluding carboxylic acids is 2. The molecule has 0 unspecified atom stereocenters. The van der Waals surface area contributed by atoms with Gasteiger partial charge in [-0.05, 0) is 74.1 Å². The smallest absolute Gasteiger partial charge is 0.226 e. The summed E-state index contributed by atoms with van der Waals surface area (Å²) in [6.07, 6.45) is 8.47. The fraction of sp³-hybridized carbons (Fsp3) is 0.576. The highest BCUT2D eigenvalue weighted by atomic mass is 16.5. The van der Waals surface area contributed by atoms with E-state index in [1.165, 1.54) is 5.56 Å². The van der Waals surface area contributed by atoms with Crippen LogP contribution in [-0.2, 0) is 22.4 Å². The zero-order chi connectivity index (χ0) is 27.7. The summed E-state index contributed by atoms with van der Waals surface area (Å²) in [5.74, 6) is 2.51. The van der Waals surface area contributed by atoms with Crippen molar-refractivity contribution in [2.24, 2.45) is 11.3 Å². The third-order valence-corrected chi connectivity index (χ3v) is 8.46. The van der Waals surface area contributed by atoms with E-state index in [0.29, 0.717) is 51.3 Å². The van der Waals surface area contributed by atoms with E-state index in [2.05, 4.69) is 31.3 Å². The largest absolute Gasteiger partial charge is 0.496 e. The number of hydrogen-bond donors (Lipinski definition) is 1. The van der Waals surface area contributed by atoms with Crippen LogP contribution in [0.4, 0.5) is 0 Å². The van der Waals surface area contributed by atoms with E-state index in [1.807, 2.05) is 41.3 Å². The predicted octanol–water partition coefficient (Wildman–Crippen LogP) is 5.96. The predicted molar refractivity (Wildman–Crippen MR) is 155 cm³/mol. The Balaban J connectivity index is 1.41.